The van der Waals surface area contributed by atoms with Crippen molar-refractivity contribution in [3.63, 3.8) is 0 Å². The van der Waals surface area contributed by atoms with Gasteiger partial charge in [0.05, 0.1) is 6.42 Å². The average Bonchev–Trinajstić information content (AvgIpc) is 2.28. The van der Waals surface area contributed by atoms with Gasteiger partial charge >= 0.3 is 0 Å². The van der Waals surface area contributed by atoms with Crippen molar-refractivity contribution >= 4 is 11.7 Å². The smallest absolute Gasteiger partial charge is 0.224 e. The van der Waals surface area contributed by atoms with E-state index in [0.29, 0.717) is 12.1 Å². The van der Waals surface area contributed by atoms with Gasteiger partial charge in [-0.1, -0.05) is 24.3 Å². The maximum absolute atomic E-state index is 11.7. The summed E-state index contributed by atoms with van der Waals surface area (Å²) in [6.07, 6.45) is 0.253. The lowest BCUT2D eigenvalue weighted by Gasteiger charge is -2.11. The number of ketones is 1. The molecule has 0 saturated heterocycles. The van der Waals surface area contributed by atoms with Crippen LogP contribution in [-0.4, -0.2) is 43.8 Å². The summed E-state index contributed by atoms with van der Waals surface area (Å²) < 4.78 is 0. The number of rotatable bonds is 6. The van der Waals surface area contributed by atoms with Gasteiger partial charge in [0.1, 0.15) is 0 Å². The molecule has 0 atom stereocenters. The summed E-state index contributed by atoms with van der Waals surface area (Å²) in [5, 5.41) is 2.84. The largest absolute Gasteiger partial charge is 0.355 e. The molecule has 18 heavy (non-hydrogen) atoms. The van der Waals surface area contributed by atoms with Gasteiger partial charge in [0, 0.05) is 18.7 Å². The van der Waals surface area contributed by atoms with Crippen LogP contribution in [0.4, 0.5) is 0 Å². The fraction of sp³-hybridized carbons (Fsp3) is 0.429. The molecular formula is C14H20N2O2. The number of benzene rings is 1. The fourth-order valence-corrected chi connectivity index (χ4v) is 1.67. The zero-order chi connectivity index (χ0) is 13.5. The highest BCUT2D eigenvalue weighted by Gasteiger charge is 2.10. The molecule has 1 amide bonds. The van der Waals surface area contributed by atoms with Crippen LogP contribution in [0.5, 0.6) is 0 Å². The zero-order valence-corrected chi connectivity index (χ0v) is 11.2. The molecule has 0 aromatic heterocycles. The van der Waals surface area contributed by atoms with E-state index in [0.717, 1.165) is 12.1 Å². The molecule has 4 heteroatoms. The molecule has 0 radical (unpaired) electrons. The molecule has 0 heterocycles. The van der Waals surface area contributed by atoms with Crippen molar-refractivity contribution in [3.8, 4) is 0 Å². The Kier molecular flexibility index (Phi) is 5.52. The normalized spacial score (nSPS) is 10.4. The Morgan fingerprint density at radius 2 is 1.89 bits per heavy atom. The van der Waals surface area contributed by atoms with Crippen molar-refractivity contribution in [1.29, 1.82) is 0 Å². The van der Waals surface area contributed by atoms with Gasteiger partial charge in [0.15, 0.2) is 5.78 Å². The minimum atomic E-state index is -0.0504. The van der Waals surface area contributed by atoms with Crippen molar-refractivity contribution in [2.75, 3.05) is 27.2 Å². The lowest BCUT2D eigenvalue weighted by atomic mass is 10.0. The van der Waals surface area contributed by atoms with E-state index in [4.69, 9.17) is 0 Å². The van der Waals surface area contributed by atoms with Crippen LogP contribution in [-0.2, 0) is 11.2 Å². The number of nitrogens with zero attached hydrogens (tertiary/aromatic N) is 1. The first-order chi connectivity index (χ1) is 8.50. The molecule has 0 spiro atoms. The Hall–Kier alpha value is -1.68. The number of likely N-dealkylation sites (N-methyl/N-ethyl adjacent to an activating group) is 1. The van der Waals surface area contributed by atoms with Gasteiger partial charge in [-0.3, -0.25) is 9.59 Å². The van der Waals surface area contributed by atoms with Gasteiger partial charge in [-0.2, -0.15) is 0 Å². The molecule has 1 N–H and O–H groups in total. The van der Waals surface area contributed by atoms with Crippen LogP contribution in [0.2, 0.25) is 0 Å². The van der Waals surface area contributed by atoms with Crippen LogP contribution < -0.4 is 5.32 Å². The summed E-state index contributed by atoms with van der Waals surface area (Å²) >= 11 is 0. The van der Waals surface area contributed by atoms with Crippen LogP contribution >= 0.6 is 0 Å². The molecule has 0 unspecified atom stereocenters. The van der Waals surface area contributed by atoms with E-state index in [9.17, 15) is 9.59 Å². The van der Waals surface area contributed by atoms with Crippen LogP contribution in [0.15, 0.2) is 24.3 Å². The lowest BCUT2D eigenvalue weighted by Crippen LogP contribution is -2.32. The summed E-state index contributed by atoms with van der Waals surface area (Å²) in [4.78, 5) is 25.1. The molecule has 1 rings (SSSR count). The second-order valence-electron chi connectivity index (χ2n) is 4.54. The summed E-state index contributed by atoms with van der Waals surface area (Å²) in [7, 11) is 3.91. The summed E-state index contributed by atoms with van der Waals surface area (Å²) in [6, 6.07) is 7.23. The van der Waals surface area contributed by atoms with E-state index in [1.165, 1.54) is 6.92 Å². The summed E-state index contributed by atoms with van der Waals surface area (Å²) in [6.45, 7) is 2.94. The Bertz CT molecular complexity index is 428. The van der Waals surface area contributed by atoms with Gasteiger partial charge in [-0.15, -0.1) is 0 Å². The number of carbonyl (C=O) groups is 2. The van der Waals surface area contributed by atoms with Crippen LogP contribution in [0.3, 0.4) is 0 Å². The maximum atomic E-state index is 11.7. The summed E-state index contributed by atoms with van der Waals surface area (Å²) in [5.74, 6) is -0.0581. The van der Waals surface area contributed by atoms with Crippen molar-refractivity contribution in [1.82, 2.24) is 10.2 Å². The fourth-order valence-electron chi connectivity index (χ4n) is 1.67. The van der Waals surface area contributed by atoms with Gasteiger partial charge in [0.2, 0.25) is 5.91 Å². The number of Topliss-reactive ketones (excluding diaryl/α,β-unsaturated/α-hetero) is 1. The SMILES string of the molecule is CC(=O)c1ccccc1CC(=O)NCCN(C)C. The molecule has 0 saturated carbocycles. The van der Waals surface area contributed by atoms with Crippen LogP contribution in [0.25, 0.3) is 0 Å². The first kappa shape index (κ1) is 14.4. The molecule has 1 aromatic carbocycles. The topological polar surface area (TPSA) is 49.4 Å². The quantitative estimate of drug-likeness (QED) is 0.767. The second-order valence-corrected chi connectivity index (χ2v) is 4.54. The number of nitrogens with one attached hydrogen (secondary N) is 1. The second kappa shape index (κ2) is 6.91. The number of amides is 1. The molecule has 1 aromatic rings. The maximum Gasteiger partial charge on any atom is 0.224 e. The highest BCUT2D eigenvalue weighted by molar-refractivity contribution is 5.96. The Morgan fingerprint density at radius 3 is 2.50 bits per heavy atom. The summed E-state index contributed by atoms with van der Waals surface area (Å²) in [5.41, 5.74) is 1.41. The van der Waals surface area contributed by atoms with Crippen LogP contribution in [0.1, 0.15) is 22.8 Å². The zero-order valence-electron chi connectivity index (χ0n) is 11.2. The predicted molar refractivity (Wildman–Crippen MR) is 71.7 cm³/mol. The van der Waals surface area contributed by atoms with Gasteiger partial charge in [0.25, 0.3) is 0 Å². The first-order valence-electron chi connectivity index (χ1n) is 6.01. The minimum absolute atomic E-state index is 0.00769. The molecule has 0 bridgehead atoms. The third-order valence-corrected chi connectivity index (χ3v) is 2.63. The molecule has 0 aliphatic rings. The van der Waals surface area contributed by atoms with Crippen molar-refractivity contribution in [2.24, 2.45) is 0 Å². The van der Waals surface area contributed by atoms with Crippen LogP contribution in [0, 0.1) is 0 Å². The third-order valence-electron chi connectivity index (χ3n) is 2.63. The van der Waals surface area contributed by atoms with E-state index in [1.54, 1.807) is 6.07 Å². The monoisotopic (exact) mass is 248 g/mol. The van der Waals surface area contributed by atoms with Gasteiger partial charge in [-0.05, 0) is 26.6 Å². The van der Waals surface area contributed by atoms with Gasteiger partial charge in [-0.25, -0.2) is 0 Å². The Labute approximate surface area is 108 Å². The number of hydrogen-bond donors (Lipinski definition) is 1. The molecule has 0 aliphatic carbocycles. The molecule has 4 nitrogen and oxygen atoms in total. The number of carbonyl (C=O) groups excluding carboxylic acids is 2. The Balaban J connectivity index is 2.56. The Morgan fingerprint density at radius 1 is 1.22 bits per heavy atom. The lowest BCUT2D eigenvalue weighted by molar-refractivity contribution is -0.120. The molecule has 0 aliphatic heterocycles. The van der Waals surface area contributed by atoms with E-state index < -0.39 is 0 Å². The predicted octanol–water partition coefficient (Wildman–Crippen LogP) is 1.11. The highest BCUT2D eigenvalue weighted by Crippen LogP contribution is 2.10. The first-order valence-corrected chi connectivity index (χ1v) is 6.01. The molecular weight excluding hydrogens is 228 g/mol. The standard InChI is InChI=1S/C14H20N2O2/c1-11(17)13-7-5-4-6-12(13)10-14(18)15-8-9-16(2)3/h4-7H,8-10H2,1-3H3,(H,15,18). The number of hydrogen-bond acceptors (Lipinski definition) is 3. The minimum Gasteiger partial charge on any atom is -0.355 e. The van der Waals surface area contributed by atoms with Crippen molar-refractivity contribution in [2.45, 2.75) is 13.3 Å². The highest BCUT2D eigenvalue weighted by atomic mass is 16.1. The van der Waals surface area contributed by atoms with E-state index in [-0.39, 0.29) is 18.1 Å². The van der Waals surface area contributed by atoms with Crippen molar-refractivity contribution < 1.29 is 9.59 Å². The molecule has 0 fully saturated rings. The van der Waals surface area contributed by atoms with E-state index in [1.807, 2.05) is 37.2 Å². The van der Waals surface area contributed by atoms with Crippen molar-refractivity contribution in [3.05, 3.63) is 35.4 Å². The molecule has 98 valence electrons. The third kappa shape index (κ3) is 4.67. The average molecular weight is 248 g/mol. The van der Waals surface area contributed by atoms with E-state index in [2.05, 4.69) is 5.32 Å². The van der Waals surface area contributed by atoms with E-state index >= 15 is 0 Å². The van der Waals surface area contributed by atoms with Gasteiger partial charge < -0.3 is 10.2 Å².